The number of anilines is 2. The zero-order valence-electron chi connectivity index (χ0n) is 16.8. The Kier molecular flexibility index (Phi) is 8.00. The van der Waals surface area contributed by atoms with Crippen molar-refractivity contribution in [2.24, 2.45) is 0 Å². The Morgan fingerprint density at radius 1 is 0.968 bits per heavy atom. The summed E-state index contributed by atoms with van der Waals surface area (Å²) >= 11 is 23.5. The van der Waals surface area contributed by atoms with Gasteiger partial charge in [-0.05, 0) is 48.6 Å². The van der Waals surface area contributed by atoms with Crippen LogP contribution in [0.25, 0.3) is 0 Å². The molecule has 1 fully saturated rings. The van der Waals surface area contributed by atoms with Gasteiger partial charge in [0.2, 0.25) is 5.91 Å². The number of thiocarbonyl (C=S) groups is 1. The Bertz CT molecular complexity index is 1010. The van der Waals surface area contributed by atoms with Crippen LogP contribution in [-0.2, 0) is 4.79 Å². The number of halogens is 3. The van der Waals surface area contributed by atoms with Crippen LogP contribution in [0.4, 0.5) is 11.4 Å². The summed E-state index contributed by atoms with van der Waals surface area (Å²) in [5, 5.41) is 6.89. The van der Waals surface area contributed by atoms with Crippen molar-refractivity contribution in [3.8, 4) is 0 Å². The molecule has 0 unspecified atom stereocenters. The highest BCUT2D eigenvalue weighted by atomic mass is 35.5. The fourth-order valence-electron chi connectivity index (χ4n) is 3.24. The van der Waals surface area contributed by atoms with E-state index in [9.17, 15) is 9.59 Å². The van der Waals surface area contributed by atoms with Crippen molar-refractivity contribution in [2.75, 3.05) is 36.4 Å². The molecule has 0 bridgehead atoms. The van der Waals surface area contributed by atoms with Gasteiger partial charge in [0.1, 0.15) is 0 Å². The first kappa shape index (κ1) is 23.6. The van der Waals surface area contributed by atoms with Crippen molar-refractivity contribution in [1.82, 2.24) is 10.2 Å². The number of amides is 2. The monoisotopic (exact) mass is 498 g/mol. The molecule has 0 saturated carbocycles. The van der Waals surface area contributed by atoms with Gasteiger partial charge in [-0.1, -0.05) is 41.7 Å². The van der Waals surface area contributed by atoms with Crippen LogP contribution in [0.2, 0.25) is 15.1 Å². The van der Waals surface area contributed by atoms with Crippen LogP contribution in [-0.4, -0.2) is 48.0 Å². The maximum absolute atomic E-state index is 12.3. The smallest absolute Gasteiger partial charge is 0.257 e. The quantitative estimate of drug-likeness (QED) is 0.590. The van der Waals surface area contributed by atoms with Gasteiger partial charge in [-0.15, -0.1) is 0 Å². The molecular weight excluding hydrogens is 479 g/mol. The molecule has 2 aromatic carbocycles. The molecule has 2 N–H and O–H groups in total. The van der Waals surface area contributed by atoms with E-state index in [-0.39, 0.29) is 16.0 Å². The van der Waals surface area contributed by atoms with E-state index in [4.69, 9.17) is 47.0 Å². The van der Waals surface area contributed by atoms with Gasteiger partial charge in [0.25, 0.3) is 5.91 Å². The molecule has 1 heterocycles. The maximum atomic E-state index is 12.3. The number of benzene rings is 2. The molecule has 0 aromatic heterocycles. The van der Waals surface area contributed by atoms with E-state index in [1.165, 1.54) is 6.07 Å². The van der Waals surface area contributed by atoms with Crippen LogP contribution in [0.1, 0.15) is 23.7 Å². The SMILES string of the molecule is CCC(=O)N1CCN(c2ccc(NC(=S)NC(=O)c3ccc(Cl)c(Cl)c3)cc2Cl)CC1. The second-order valence-corrected chi connectivity index (χ2v) is 8.55. The maximum Gasteiger partial charge on any atom is 0.257 e. The first-order valence-corrected chi connectivity index (χ1v) is 11.2. The van der Waals surface area contributed by atoms with E-state index >= 15 is 0 Å². The van der Waals surface area contributed by atoms with Crippen LogP contribution in [0.15, 0.2) is 36.4 Å². The number of piperazine rings is 1. The van der Waals surface area contributed by atoms with E-state index in [1.807, 2.05) is 24.0 Å². The summed E-state index contributed by atoms with van der Waals surface area (Å²) in [6.07, 6.45) is 0.516. The molecule has 6 nitrogen and oxygen atoms in total. The van der Waals surface area contributed by atoms with Gasteiger partial charge in [-0.3, -0.25) is 14.9 Å². The van der Waals surface area contributed by atoms with Gasteiger partial charge in [0, 0.05) is 43.9 Å². The minimum atomic E-state index is -0.404. The predicted octanol–water partition coefficient (Wildman–Crippen LogP) is 4.83. The fraction of sp³-hybridized carbons (Fsp3) is 0.286. The van der Waals surface area contributed by atoms with Gasteiger partial charge < -0.3 is 15.1 Å². The number of carbonyl (C=O) groups excluding carboxylic acids is 2. The normalized spacial score (nSPS) is 13.7. The second-order valence-electron chi connectivity index (χ2n) is 6.92. The van der Waals surface area contributed by atoms with Crippen LogP contribution in [0.3, 0.4) is 0 Å². The van der Waals surface area contributed by atoms with E-state index in [0.717, 1.165) is 18.8 Å². The Morgan fingerprint density at radius 2 is 1.68 bits per heavy atom. The van der Waals surface area contributed by atoms with Gasteiger partial charge in [-0.25, -0.2) is 0 Å². The van der Waals surface area contributed by atoms with Gasteiger partial charge in [0.15, 0.2) is 5.11 Å². The topological polar surface area (TPSA) is 64.7 Å². The van der Waals surface area contributed by atoms with Crippen LogP contribution >= 0.6 is 47.0 Å². The Morgan fingerprint density at radius 3 is 2.29 bits per heavy atom. The lowest BCUT2D eigenvalue weighted by atomic mass is 10.2. The lowest BCUT2D eigenvalue weighted by Gasteiger charge is -2.36. The minimum Gasteiger partial charge on any atom is -0.367 e. The summed E-state index contributed by atoms with van der Waals surface area (Å²) in [5.74, 6) is -0.236. The predicted molar refractivity (Wildman–Crippen MR) is 131 cm³/mol. The molecule has 164 valence electrons. The molecular formula is C21H21Cl3N4O2S. The van der Waals surface area contributed by atoms with Crippen molar-refractivity contribution >= 4 is 75.3 Å². The van der Waals surface area contributed by atoms with Crippen molar-refractivity contribution in [3.63, 3.8) is 0 Å². The standard InChI is InChI=1S/C21H21Cl3N4O2S/c1-2-19(29)28-9-7-27(8-10-28)18-6-4-14(12-17(18)24)25-21(31)26-20(30)13-3-5-15(22)16(23)11-13/h3-6,11-12H,2,7-10H2,1H3,(H2,25,26,30,31). The molecule has 0 radical (unpaired) electrons. The third kappa shape index (κ3) is 6.01. The lowest BCUT2D eigenvalue weighted by molar-refractivity contribution is -0.131. The zero-order valence-corrected chi connectivity index (χ0v) is 19.8. The number of carbonyl (C=O) groups is 2. The highest BCUT2D eigenvalue weighted by Crippen LogP contribution is 2.30. The summed E-state index contributed by atoms with van der Waals surface area (Å²) in [6, 6.07) is 10.1. The average Bonchev–Trinajstić information content (AvgIpc) is 2.75. The number of nitrogens with zero attached hydrogens (tertiary/aromatic N) is 2. The molecule has 2 aromatic rings. The molecule has 1 aliphatic rings. The number of rotatable bonds is 4. The fourth-order valence-corrected chi connectivity index (χ4v) is 4.05. The van der Waals surface area contributed by atoms with E-state index in [0.29, 0.717) is 40.8 Å². The third-order valence-corrected chi connectivity index (χ3v) is 6.14. The number of nitrogens with one attached hydrogen (secondary N) is 2. The Hall–Kier alpha value is -2.06. The van der Waals surface area contributed by atoms with Crippen LogP contribution in [0.5, 0.6) is 0 Å². The van der Waals surface area contributed by atoms with Crippen molar-refractivity contribution < 1.29 is 9.59 Å². The number of hydrogen-bond donors (Lipinski definition) is 2. The van der Waals surface area contributed by atoms with Crippen molar-refractivity contribution in [1.29, 1.82) is 0 Å². The summed E-state index contributed by atoms with van der Waals surface area (Å²) in [6.45, 7) is 4.66. The zero-order chi connectivity index (χ0) is 22.5. The van der Waals surface area contributed by atoms with Crippen molar-refractivity contribution in [3.05, 3.63) is 57.0 Å². The molecule has 0 spiro atoms. The Balaban J connectivity index is 1.58. The summed E-state index contributed by atoms with van der Waals surface area (Å²) in [7, 11) is 0. The summed E-state index contributed by atoms with van der Waals surface area (Å²) in [5.41, 5.74) is 1.88. The molecule has 2 amide bonds. The minimum absolute atomic E-state index is 0.131. The van der Waals surface area contributed by atoms with Crippen LogP contribution in [0, 0.1) is 0 Å². The highest BCUT2D eigenvalue weighted by Gasteiger charge is 2.21. The molecule has 3 rings (SSSR count). The van der Waals surface area contributed by atoms with Gasteiger partial charge >= 0.3 is 0 Å². The van der Waals surface area contributed by atoms with E-state index in [1.54, 1.807) is 18.2 Å². The van der Waals surface area contributed by atoms with Crippen LogP contribution < -0.4 is 15.5 Å². The Labute approximate surface area is 201 Å². The molecule has 1 aliphatic heterocycles. The molecule has 31 heavy (non-hydrogen) atoms. The second kappa shape index (κ2) is 10.5. The van der Waals surface area contributed by atoms with E-state index < -0.39 is 5.91 Å². The summed E-state index contributed by atoms with van der Waals surface area (Å²) < 4.78 is 0. The highest BCUT2D eigenvalue weighted by molar-refractivity contribution is 7.80. The first-order valence-electron chi connectivity index (χ1n) is 9.68. The molecule has 1 saturated heterocycles. The van der Waals surface area contributed by atoms with Crippen molar-refractivity contribution in [2.45, 2.75) is 13.3 Å². The first-order chi connectivity index (χ1) is 14.8. The molecule has 0 aliphatic carbocycles. The van der Waals surface area contributed by atoms with Gasteiger partial charge in [0.05, 0.1) is 20.8 Å². The molecule has 10 heteroatoms. The average molecular weight is 500 g/mol. The van der Waals surface area contributed by atoms with E-state index in [2.05, 4.69) is 15.5 Å². The molecule has 0 atom stereocenters. The van der Waals surface area contributed by atoms with Gasteiger partial charge in [-0.2, -0.15) is 0 Å². The third-order valence-electron chi connectivity index (χ3n) is 4.89. The number of hydrogen-bond acceptors (Lipinski definition) is 4. The largest absolute Gasteiger partial charge is 0.367 e. The lowest BCUT2D eigenvalue weighted by Crippen LogP contribution is -2.48. The summed E-state index contributed by atoms with van der Waals surface area (Å²) in [4.78, 5) is 28.2.